The van der Waals surface area contributed by atoms with Gasteiger partial charge in [0.25, 0.3) is 0 Å². The van der Waals surface area contributed by atoms with E-state index in [9.17, 15) is 4.79 Å². The monoisotopic (exact) mass is 326 g/mol. The maximum atomic E-state index is 12.6. The number of aryl methyl sites for hydroxylation is 2. The SMILES string of the molecule is CCc1nc2ccccc2n1CCC(=O)N1C[C@@H](N)[C@H](C2CC2)C1. The van der Waals surface area contributed by atoms with Crippen LogP contribution < -0.4 is 5.73 Å². The molecular formula is C19H26N4O. The van der Waals surface area contributed by atoms with Crippen molar-refractivity contribution in [3.05, 3.63) is 30.1 Å². The number of likely N-dealkylation sites (tertiary alicyclic amines) is 1. The maximum absolute atomic E-state index is 12.6. The molecule has 5 heteroatoms. The summed E-state index contributed by atoms with van der Waals surface area (Å²) >= 11 is 0. The summed E-state index contributed by atoms with van der Waals surface area (Å²) in [6.07, 6.45) is 3.99. The third-order valence-electron chi connectivity index (χ3n) is 5.59. The minimum Gasteiger partial charge on any atom is -0.341 e. The van der Waals surface area contributed by atoms with Gasteiger partial charge in [-0.25, -0.2) is 4.98 Å². The smallest absolute Gasteiger partial charge is 0.224 e. The third kappa shape index (κ3) is 2.81. The van der Waals surface area contributed by atoms with Crippen LogP contribution in [0.1, 0.15) is 32.0 Å². The van der Waals surface area contributed by atoms with Gasteiger partial charge in [-0.15, -0.1) is 0 Å². The molecule has 1 amide bonds. The van der Waals surface area contributed by atoms with Gasteiger partial charge in [-0.1, -0.05) is 19.1 Å². The first kappa shape index (κ1) is 15.6. The largest absolute Gasteiger partial charge is 0.341 e. The Morgan fingerprint density at radius 3 is 2.83 bits per heavy atom. The number of nitrogens with two attached hydrogens (primary N) is 1. The lowest BCUT2D eigenvalue weighted by Gasteiger charge is -2.17. The lowest BCUT2D eigenvalue weighted by Crippen LogP contribution is -2.33. The number of hydrogen-bond acceptors (Lipinski definition) is 3. The maximum Gasteiger partial charge on any atom is 0.224 e. The normalized spacial score (nSPS) is 24.0. The van der Waals surface area contributed by atoms with Crippen LogP contribution in [0.3, 0.4) is 0 Å². The molecule has 2 aromatic rings. The second kappa shape index (κ2) is 6.20. The molecule has 2 fully saturated rings. The molecular weight excluding hydrogens is 300 g/mol. The van der Waals surface area contributed by atoms with Gasteiger partial charge in [0.2, 0.25) is 5.91 Å². The van der Waals surface area contributed by atoms with E-state index >= 15 is 0 Å². The topological polar surface area (TPSA) is 64.2 Å². The molecule has 24 heavy (non-hydrogen) atoms. The van der Waals surface area contributed by atoms with Crippen molar-refractivity contribution in [2.45, 2.75) is 45.2 Å². The summed E-state index contributed by atoms with van der Waals surface area (Å²) < 4.78 is 2.20. The second-order valence-corrected chi connectivity index (χ2v) is 7.24. The van der Waals surface area contributed by atoms with Gasteiger partial charge in [-0.2, -0.15) is 0 Å². The summed E-state index contributed by atoms with van der Waals surface area (Å²) in [4.78, 5) is 19.3. The third-order valence-corrected chi connectivity index (χ3v) is 5.59. The van der Waals surface area contributed by atoms with Crippen LogP contribution in [-0.2, 0) is 17.8 Å². The minimum atomic E-state index is 0.168. The number of benzene rings is 1. The van der Waals surface area contributed by atoms with Crippen molar-refractivity contribution in [2.24, 2.45) is 17.6 Å². The average molecular weight is 326 g/mol. The van der Waals surface area contributed by atoms with Gasteiger partial charge >= 0.3 is 0 Å². The molecule has 128 valence electrons. The Bertz CT molecular complexity index is 749. The Kier molecular flexibility index (Phi) is 4.04. The number of para-hydroxylation sites is 2. The quantitative estimate of drug-likeness (QED) is 0.916. The van der Waals surface area contributed by atoms with Gasteiger partial charge in [0.1, 0.15) is 5.82 Å². The number of imidazole rings is 1. The molecule has 1 aromatic heterocycles. The molecule has 0 bridgehead atoms. The van der Waals surface area contributed by atoms with Gasteiger partial charge < -0.3 is 15.2 Å². The number of carbonyl (C=O) groups excluding carboxylic acids is 1. The molecule has 2 N–H and O–H groups in total. The molecule has 1 aliphatic carbocycles. The number of carbonyl (C=O) groups is 1. The second-order valence-electron chi connectivity index (χ2n) is 7.24. The highest BCUT2D eigenvalue weighted by Gasteiger charge is 2.41. The summed E-state index contributed by atoms with van der Waals surface area (Å²) in [5.74, 6) is 2.57. The predicted molar refractivity (Wildman–Crippen MR) is 94.5 cm³/mol. The Hall–Kier alpha value is -1.88. The summed E-state index contributed by atoms with van der Waals surface area (Å²) in [5, 5.41) is 0. The van der Waals surface area contributed by atoms with Crippen LogP contribution in [0.5, 0.6) is 0 Å². The molecule has 2 heterocycles. The fourth-order valence-corrected chi connectivity index (χ4v) is 4.09. The molecule has 5 nitrogen and oxygen atoms in total. The van der Waals surface area contributed by atoms with E-state index in [1.165, 1.54) is 12.8 Å². The highest BCUT2D eigenvalue weighted by Crippen LogP contribution is 2.40. The highest BCUT2D eigenvalue weighted by molar-refractivity contribution is 5.78. The van der Waals surface area contributed by atoms with Crippen LogP contribution in [-0.4, -0.2) is 39.5 Å². The summed E-state index contributed by atoms with van der Waals surface area (Å²) in [6, 6.07) is 8.32. The van der Waals surface area contributed by atoms with E-state index in [2.05, 4.69) is 22.5 Å². The number of fused-ring (bicyclic) bond motifs is 1. The molecule has 1 saturated carbocycles. The Labute approximate surface area is 142 Å². The molecule has 0 spiro atoms. The number of aromatic nitrogens is 2. The number of nitrogens with zero attached hydrogens (tertiary/aromatic N) is 3. The van der Waals surface area contributed by atoms with Gasteiger partial charge in [-0.05, 0) is 36.8 Å². The number of rotatable bonds is 5. The van der Waals surface area contributed by atoms with E-state index in [0.29, 0.717) is 18.9 Å². The number of amides is 1. The van der Waals surface area contributed by atoms with E-state index in [1.54, 1.807) is 0 Å². The van der Waals surface area contributed by atoms with E-state index in [1.807, 2.05) is 23.1 Å². The molecule has 0 unspecified atom stereocenters. The van der Waals surface area contributed by atoms with Crippen molar-refractivity contribution in [3.8, 4) is 0 Å². The Balaban J connectivity index is 1.44. The first-order valence-electron chi connectivity index (χ1n) is 9.15. The number of hydrogen-bond donors (Lipinski definition) is 1. The zero-order chi connectivity index (χ0) is 16.7. The van der Waals surface area contributed by atoms with Crippen LogP contribution in [0.25, 0.3) is 11.0 Å². The van der Waals surface area contributed by atoms with E-state index in [4.69, 9.17) is 5.73 Å². The van der Waals surface area contributed by atoms with Gasteiger partial charge in [-0.3, -0.25) is 4.79 Å². The van der Waals surface area contributed by atoms with Crippen LogP contribution in [0, 0.1) is 11.8 Å². The van der Waals surface area contributed by atoms with Gasteiger partial charge in [0.05, 0.1) is 11.0 Å². The summed E-state index contributed by atoms with van der Waals surface area (Å²) in [5.41, 5.74) is 8.38. The standard InChI is InChI=1S/C19H26N4O/c1-2-18-21-16-5-3-4-6-17(16)23(18)10-9-19(24)22-11-14(13-7-8-13)15(20)12-22/h3-6,13-15H,2,7-12,20H2,1H3/t14-,15+/m0/s1. The summed E-state index contributed by atoms with van der Waals surface area (Å²) in [6.45, 7) is 4.39. The molecule has 2 aliphatic rings. The summed E-state index contributed by atoms with van der Waals surface area (Å²) in [7, 11) is 0. The van der Waals surface area contributed by atoms with Crippen molar-refractivity contribution in [1.82, 2.24) is 14.5 Å². The zero-order valence-electron chi connectivity index (χ0n) is 14.3. The van der Waals surface area contributed by atoms with Crippen molar-refractivity contribution in [2.75, 3.05) is 13.1 Å². The fraction of sp³-hybridized carbons (Fsp3) is 0.579. The Morgan fingerprint density at radius 1 is 1.29 bits per heavy atom. The lowest BCUT2D eigenvalue weighted by atomic mass is 9.99. The molecule has 1 saturated heterocycles. The fourth-order valence-electron chi connectivity index (χ4n) is 4.09. The first-order chi connectivity index (χ1) is 11.7. The average Bonchev–Trinajstić information content (AvgIpc) is 3.26. The van der Waals surface area contributed by atoms with Crippen molar-refractivity contribution in [1.29, 1.82) is 0 Å². The first-order valence-corrected chi connectivity index (χ1v) is 9.15. The van der Waals surface area contributed by atoms with Crippen molar-refractivity contribution in [3.63, 3.8) is 0 Å². The van der Waals surface area contributed by atoms with Gasteiger partial charge in [0.15, 0.2) is 0 Å². The van der Waals surface area contributed by atoms with Crippen LogP contribution in [0.15, 0.2) is 24.3 Å². The van der Waals surface area contributed by atoms with Crippen molar-refractivity contribution >= 4 is 16.9 Å². The van der Waals surface area contributed by atoms with E-state index < -0.39 is 0 Å². The van der Waals surface area contributed by atoms with Crippen LogP contribution in [0.2, 0.25) is 0 Å². The van der Waals surface area contributed by atoms with Crippen LogP contribution in [0.4, 0.5) is 0 Å². The minimum absolute atomic E-state index is 0.168. The van der Waals surface area contributed by atoms with Crippen molar-refractivity contribution < 1.29 is 4.79 Å². The molecule has 1 aliphatic heterocycles. The lowest BCUT2D eigenvalue weighted by molar-refractivity contribution is -0.130. The van der Waals surface area contributed by atoms with Gasteiger partial charge in [0, 0.05) is 38.5 Å². The molecule has 0 radical (unpaired) electrons. The Morgan fingerprint density at radius 2 is 2.08 bits per heavy atom. The van der Waals surface area contributed by atoms with E-state index in [-0.39, 0.29) is 11.9 Å². The van der Waals surface area contributed by atoms with Crippen LogP contribution >= 0.6 is 0 Å². The zero-order valence-corrected chi connectivity index (χ0v) is 14.3. The molecule has 1 aromatic carbocycles. The highest BCUT2D eigenvalue weighted by atomic mass is 16.2. The molecule has 2 atom stereocenters. The predicted octanol–water partition coefficient (Wildman–Crippen LogP) is 2.18. The van der Waals surface area contributed by atoms with E-state index in [0.717, 1.165) is 42.3 Å². The molecule has 4 rings (SSSR count).